The Morgan fingerprint density at radius 3 is 2.73 bits per heavy atom. The number of rotatable bonds is 10. The molecule has 1 amide bonds. The number of carbonyl (C=O) groups is 2. The number of aromatic nitrogens is 4. The molecule has 4 N–H and O–H groups in total. The molecule has 0 saturated carbocycles. The number of pyridine rings is 1. The molecule has 12 nitrogen and oxygen atoms in total. The van der Waals surface area contributed by atoms with E-state index in [1.807, 2.05) is 36.4 Å². The lowest BCUT2D eigenvalue weighted by atomic mass is 10.0. The molecule has 2 aliphatic heterocycles. The molecule has 0 aliphatic carbocycles. The Hall–Kier alpha value is -4.65. The number of carboxylic acid groups (broad SMARTS) is 1. The van der Waals surface area contributed by atoms with Crippen molar-refractivity contribution in [1.82, 2.24) is 30.2 Å². The highest BCUT2D eigenvalue weighted by molar-refractivity contribution is 6.03. The number of carboxylic acids is 1. The van der Waals surface area contributed by atoms with Crippen molar-refractivity contribution in [3.05, 3.63) is 78.4 Å². The van der Waals surface area contributed by atoms with Gasteiger partial charge in [0.2, 0.25) is 0 Å². The Balaban J connectivity index is 1.06. The third kappa shape index (κ3) is 7.28. The van der Waals surface area contributed by atoms with Crippen LogP contribution in [0.2, 0.25) is 0 Å². The summed E-state index contributed by atoms with van der Waals surface area (Å²) in [6, 6.07) is 13.8. The van der Waals surface area contributed by atoms with Gasteiger partial charge in [-0.15, -0.1) is 0 Å². The largest absolute Gasteiger partial charge is 0.478 e. The first kappa shape index (κ1) is 29.4. The number of aromatic amines is 1. The summed E-state index contributed by atoms with van der Waals surface area (Å²) in [7, 11) is 0. The van der Waals surface area contributed by atoms with Gasteiger partial charge in [-0.2, -0.15) is 0 Å². The molecule has 12 heteroatoms. The van der Waals surface area contributed by atoms with E-state index < -0.39 is 5.97 Å². The molecule has 1 aromatic carbocycles. The Morgan fingerprint density at radius 2 is 1.91 bits per heavy atom. The van der Waals surface area contributed by atoms with Crippen molar-refractivity contribution in [1.29, 1.82) is 0 Å². The minimum atomic E-state index is -0.939. The van der Waals surface area contributed by atoms with Crippen LogP contribution in [0.4, 0.5) is 11.5 Å². The zero-order valence-electron chi connectivity index (χ0n) is 24.4. The van der Waals surface area contributed by atoms with Gasteiger partial charge in [-0.05, 0) is 60.8 Å². The van der Waals surface area contributed by atoms with Crippen LogP contribution in [-0.4, -0.2) is 93.8 Å². The molecule has 1 atom stereocenters. The second-order valence-electron chi connectivity index (χ2n) is 11.0. The summed E-state index contributed by atoms with van der Waals surface area (Å²) < 4.78 is 5.49. The Morgan fingerprint density at radius 1 is 1.07 bits per heavy atom. The standard InChI is InChI=1S/C32H36N8O4/c41-29(42)4-1-10-33-25-3-2-12-39(20-25)19-22-9-11-34-28(17-22)32(43)37-24-7-5-23(6-8-24)27-18-26-30(38-27)35-21-36-31(26)40-13-15-44-16-14-40/h1,4-9,11,17-18,21,25,33H,2-3,10,12-16,19-20H2,(H,37,43)(H,41,42)(H,35,36,38)/b4-1+/t25-/m1/s1. The van der Waals surface area contributed by atoms with Crippen LogP contribution in [-0.2, 0) is 16.1 Å². The van der Waals surface area contributed by atoms with Gasteiger partial charge in [-0.1, -0.05) is 18.2 Å². The van der Waals surface area contributed by atoms with Gasteiger partial charge in [0.05, 0.1) is 18.6 Å². The number of hydrogen-bond acceptors (Lipinski definition) is 9. The number of nitrogens with zero attached hydrogens (tertiary/aromatic N) is 5. The summed E-state index contributed by atoms with van der Waals surface area (Å²) >= 11 is 0. The van der Waals surface area contributed by atoms with E-state index in [-0.39, 0.29) is 5.91 Å². The van der Waals surface area contributed by atoms with Crippen LogP contribution in [0.5, 0.6) is 0 Å². The molecule has 0 spiro atoms. The van der Waals surface area contributed by atoms with Crippen LogP contribution in [0.1, 0.15) is 28.9 Å². The smallest absolute Gasteiger partial charge is 0.328 e. The molecular formula is C32H36N8O4. The van der Waals surface area contributed by atoms with E-state index in [0.29, 0.717) is 43.7 Å². The molecule has 2 fully saturated rings. The highest BCUT2D eigenvalue weighted by atomic mass is 16.5. The quantitative estimate of drug-likeness (QED) is 0.201. The molecular weight excluding hydrogens is 560 g/mol. The molecule has 3 aromatic heterocycles. The van der Waals surface area contributed by atoms with Crippen molar-refractivity contribution < 1.29 is 19.4 Å². The minimum Gasteiger partial charge on any atom is -0.478 e. The van der Waals surface area contributed by atoms with Crippen molar-refractivity contribution in [2.75, 3.05) is 56.2 Å². The average Bonchev–Trinajstić information content (AvgIpc) is 3.49. The third-order valence-corrected chi connectivity index (χ3v) is 7.92. The monoisotopic (exact) mass is 596 g/mol. The summed E-state index contributed by atoms with van der Waals surface area (Å²) in [6.45, 7) is 6.02. The maximum absolute atomic E-state index is 13.1. The van der Waals surface area contributed by atoms with Crippen LogP contribution in [0.3, 0.4) is 0 Å². The number of morpholine rings is 1. The van der Waals surface area contributed by atoms with Gasteiger partial charge in [-0.25, -0.2) is 14.8 Å². The Bertz CT molecular complexity index is 1630. The van der Waals surface area contributed by atoms with Crippen molar-refractivity contribution >= 4 is 34.4 Å². The van der Waals surface area contributed by atoms with Gasteiger partial charge in [0.15, 0.2) is 0 Å². The maximum atomic E-state index is 13.1. The van der Waals surface area contributed by atoms with Crippen molar-refractivity contribution in [2.45, 2.75) is 25.4 Å². The van der Waals surface area contributed by atoms with Crippen molar-refractivity contribution in [3.8, 4) is 11.3 Å². The number of nitrogens with one attached hydrogen (secondary N) is 3. The molecule has 44 heavy (non-hydrogen) atoms. The van der Waals surface area contributed by atoms with E-state index in [1.54, 1.807) is 18.6 Å². The summed E-state index contributed by atoms with van der Waals surface area (Å²) in [5.41, 5.74) is 4.74. The lowest BCUT2D eigenvalue weighted by molar-refractivity contribution is -0.131. The van der Waals surface area contributed by atoms with E-state index in [2.05, 4.69) is 46.4 Å². The van der Waals surface area contributed by atoms with E-state index in [4.69, 9.17) is 9.84 Å². The molecule has 5 heterocycles. The zero-order valence-corrected chi connectivity index (χ0v) is 24.4. The van der Waals surface area contributed by atoms with E-state index in [0.717, 1.165) is 78.8 Å². The molecule has 2 saturated heterocycles. The number of piperidine rings is 1. The zero-order chi connectivity index (χ0) is 30.3. The fraction of sp³-hybridized carbons (Fsp3) is 0.344. The number of amides is 1. The second kappa shape index (κ2) is 13.8. The summed E-state index contributed by atoms with van der Waals surface area (Å²) in [5.74, 6) is -0.299. The number of likely N-dealkylation sites (tertiary alicyclic amines) is 1. The van der Waals surface area contributed by atoms with Crippen LogP contribution in [0, 0.1) is 0 Å². The van der Waals surface area contributed by atoms with Gasteiger partial charge >= 0.3 is 5.97 Å². The normalized spacial score (nSPS) is 17.7. The number of fused-ring (bicyclic) bond motifs is 1. The van der Waals surface area contributed by atoms with Gasteiger partial charge in [0.25, 0.3) is 5.91 Å². The lowest BCUT2D eigenvalue weighted by Gasteiger charge is -2.33. The SMILES string of the molecule is O=C(O)/C=C/CN[C@@H]1CCCN(Cc2ccnc(C(=O)Nc3ccc(-c4cc5c(N6CCOCC6)ncnc5[nH]4)cc3)c2)C1. The van der Waals surface area contributed by atoms with Gasteiger partial charge in [0.1, 0.15) is 23.5 Å². The average molecular weight is 597 g/mol. The first-order valence-electron chi connectivity index (χ1n) is 14.9. The summed E-state index contributed by atoms with van der Waals surface area (Å²) in [6.07, 6.45) is 8.14. The number of hydrogen-bond donors (Lipinski definition) is 4. The molecule has 0 bridgehead atoms. The minimum absolute atomic E-state index is 0.265. The van der Waals surface area contributed by atoms with Crippen LogP contribution in [0.25, 0.3) is 22.3 Å². The molecule has 0 radical (unpaired) electrons. The van der Waals surface area contributed by atoms with Crippen molar-refractivity contribution in [3.63, 3.8) is 0 Å². The first-order chi connectivity index (χ1) is 21.5. The number of anilines is 2. The Kier molecular flexibility index (Phi) is 9.20. The number of ether oxygens (including phenoxy) is 1. The predicted octanol–water partition coefficient (Wildman–Crippen LogP) is 3.30. The summed E-state index contributed by atoms with van der Waals surface area (Å²) in [4.78, 5) is 45.0. The number of aliphatic carboxylic acids is 1. The molecule has 2 aliphatic rings. The highest BCUT2D eigenvalue weighted by Gasteiger charge is 2.20. The Labute approximate surface area is 255 Å². The number of benzene rings is 1. The third-order valence-electron chi connectivity index (χ3n) is 7.92. The fourth-order valence-electron chi connectivity index (χ4n) is 5.75. The summed E-state index contributed by atoms with van der Waals surface area (Å²) in [5, 5.41) is 16.1. The molecule has 4 aromatic rings. The topological polar surface area (TPSA) is 149 Å². The number of H-pyrrole nitrogens is 1. The van der Waals surface area contributed by atoms with E-state index in [1.165, 1.54) is 0 Å². The molecule has 228 valence electrons. The highest BCUT2D eigenvalue weighted by Crippen LogP contribution is 2.29. The lowest BCUT2D eigenvalue weighted by Crippen LogP contribution is -2.45. The first-order valence-corrected chi connectivity index (χ1v) is 14.9. The molecule has 6 rings (SSSR count). The van der Waals surface area contributed by atoms with Crippen molar-refractivity contribution in [2.24, 2.45) is 0 Å². The van der Waals surface area contributed by atoms with Crippen LogP contribution < -0.4 is 15.5 Å². The fourth-order valence-corrected chi connectivity index (χ4v) is 5.75. The maximum Gasteiger partial charge on any atom is 0.328 e. The van der Waals surface area contributed by atoms with Crippen LogP contribution in [0.15, 0.2) is 67.1 Å². The predicted molar refractivity (Wildman–Crippen MR) is 168 cm³/mol. The van der Waals surface area contributed by atoms with Gasteiger partial charge < -0.3 is 30.4 Å². The van der Waals surface area contributed by atoms with Crippen LogP contribution >= 0.6 is 0 Å². The number of carbonyl (C=O) groups excluding carboxylic acids is 1. The second-order valence-corrected chi connectivity index (χ2v) is 11.0. The van der Waals surface area contributed by atoms with Gasteiger partial charge in [0, 0.05) is 62.4 Å². The van der Waals surface area contributed by atoms with E-state index >= 15 is 0 Å². The van der Waals surface area contributed by atoms with E-state index in [9.17, 15) is 9.59 Å². The molecule has 0 unspecified atom stereocenters. The van der Waals surface area contributed by atoms with Gasteiger partial charge in [-0.3, -0.25) is 14.7 Å².